The average molecular weight is 378 g/mol. The van der Waals surface area contributed by atoms with E-state index >= 15 is 0 Å². The first-order valence-corrected chi connectivity index (χ1v) is 8.73. The summed E-state index contributed by atoms with van der Waals surface area (Å²) < 4.78 is 0. The van der Waals surface area contributed by atoms with Gasteiger partial charge in [0.1, 0.15) is 0 Å². The van der Waals surface area contributed by atoms with Crippen molar-refractivity contribution in [1.29, 1.82) is 0 Å². The lowest BCUT2D eigenvalue weighted by Gasteiger charge is -2.20. The van der Waals surface area contributed by atoms with E-state index in [9.17, 15) is 0 Å². The zero-order valence-electron chi connectivity index (χ0n) is 13.1. The van der Waals surface area contributed by atoms with E-state index in [4.69, 9.17) is 35.4 Å². The maximum absolute atomic E-state index is 6.47. The molecule has 3 nitrogen and oxygen atoms in total. The van der Waals surface area contributed by atoms with Gasteiger partial charge in [0.05, 0.1) is 0 Å². The summed E-state index contributed by atoms with van der Waals surface area (Å²) in [4.78, 5) is 3.33. The van der Waals surface area contributed by atoms with Crippen LogP contribution < -0.4 is 10.6 Å². The van der Waals surface area contributed by atoms with Crippen LogP contribution in [0.4, 0.5) is 0 Å². The predicted molar refractivity (Wildman–Crippen MR) is 106 cm³/mol. The highest BCUT2D eigenvalue weighted by molar-refractivity contribution is 7.80. The topological polar surface area (TPSA) is 39.8 Å². The predicted octanol–water partition coefficient (Wildman–Crippen LogP) is 4.70. The van der Waals surface area contributed by atoms with Crippen molar-refractivity contribution >= 4 is 51.4 Å². The molecule has 0 radical (unpaired) electrons. The van der Waals surface area contributed by atoms with Crippen LogP contribution in [0, 0.1) is 0 Å². The van der Waals surface area contributed by atoms with Crippen molar-refractivity contribution in [3.8, 4) is 0 Å². The largest absolute Gasteiger partial charge is 0.366 e. The van der Waals surface area contributed by atoms with Crippen molar-refractivity contribution in [1.82, 2.24) is 15.6 Å². The van der Waals surface area contributed by atoms with Crippen LogP contribution in [0.2, 0.25) is 10.0 Å². The molecular weight excluding hydrogens is 361 g/mol. The van der Waals surface area contributed by atoms with Crippen LogP contribution in [0.5, 0.6) is 0 Å². The van der Waals surface area contributed by atoms with Crippen molar-refractivity contribution in [2.75, 3.05) is 13.6 Å². The molecule has 3 N–H and O–H groups in total. The molecule has 0 saturated carbocycles. The third-order valence-electron chi connectivity index (χ3n) is 4.03. The highest BCUT2D eigenvalue weighted by atomic mass is 35.5. The quantitative estimate of drug-likeness (QED) is 0.577. The second-order valence-electron chi connectivity index (χ2n) is 5.47. The summed E-state index contributed by atoms with van der Waals surface area (Å²) in [6.07, 6.45) is 2.03. The van der Waals surface area contributed by atoms with Crippen LogP contribution >= 0.6 is 35.4 Å². The lowest BCUT2D eigenvalue weighted by molar-refractivity contribution is 0.755. The van der Waals surface area contributed by atoms with Gasteiger partial charge in [-0.1, -0.05) is 47.5 Å². The maximum atomic E-state index is 6.47. The number of benzene rings is 2. The molecule has 6 heteroatoms. The van der Waals surface area contributed by atoms with E-state index in [-0.39, 0.29) is 5.92 Å². The molecule has 1 aromatic heterocycles. The summed E-state index contributed by atoms with van der Waals surface area (Å²) in [6, 6.07) is 13.8. The van der Waals surface area contributed by atoms with Crippen LogP contribution in [-0.2, 0) is 0 Å². The minimum absolute atomic E-state index is 0.0391. The molecule has 0 fully saturated rings. The molecule has 1 heterocycles. The Labute approximate surface area is 156 Å². The summed E-state index contributed by atoms with van der Waals surface area (Å²) in [5, 5.41) is 9.22. The van der Waals surface area contributed by atoms with Crippen molar-refractivity contribution in [2.45, 2.75) is 5.92 Å². The Balaban J connectivity index is 2.06. The monoisotopic (exact) mass is 377 g/mol. The van der Waals surface area contributed by atoms with E-state index in [0.717, 1.165) is 11.1 Å². The van der Waals surface area contributed by atoms with Gasteiger partial charge >= 0.3 is 0 Å². The third kappa shape index (κ3) is 3.51. The van der Waals surface area contributed by atoms with Crippen LogP contribution in [0.1, 0.15) is 17.0 Å². The number of para-hydroxylation sites is 1. The molecule has 0 amide bonds. The van der Waals surface area contributed by atoms with Crippen molar-refractivity contribution in [3.63, 3.8) is 0 Å². The standard InChI is InChI=1S/C18H17Cl2N3S/c1-21-18(24)23-10-14(12-7-6-11(19)8-16(12)20)15-9-22-17-5-3-2-4-13(15)17/h2-9,14,22H,10H2,1H3,(H2,21,23,24). The summed E-state index contributed by atoms with van der Waals surface area (Å²) >= 11 is 17.7. The number of thiocarbonyl (C=S) groups is 1. The van der Waals surface area contributed by atoms with E-state index in [1.54, 1.807) is 13.1 Å². The van der Waals surface area contributed by atoms with E-state index in [1.165, 1.54) is 10.9 Å². The number of nitrogens with one attached hydrogen (secondary N) is 3. The number of halogens is 2. The molecular formula is C18H17Cl2N3S. The van der Waals surface area contributed by atoms with E-state index in [2.05, 4.69) is 27.8 Å². The second kappa shape index (κ2) is 7.43. The Kier molecular flexibility index (Phi) is 5.29. The SMILES string of the molecule is CNC(=S)NCC(c1ccc(Cl)cc1Cl)c1c[nH]c2ccccc12. The summed E-state index contributed by atoms with van der Waals surface area (Å²) in [5.74, 6) is 0.0391. The lowest BCUT2D eigenvalue weighted by Crippen LogP contribution is -2.35. The fraction of sp³-hybridized carbons (Fsp3) is 0.167. The van der Waals surface area contributed by atoms with Crippen LogP contribution in [-0.4, -0.2) is 23.7 Å². The van der Waals surface area contributed by atoms with Gasteiger partial charge in [0, 0.05) is 46.7 Å². The van der Waals surface area contributed by atoms with Crippen molar-refractivity contribution in [2.24, 2.45) is 0 Å². The van der Waals surface area contributed by atoms with Gasteiger partial charge in [-0.05, 0) is 41.5 Å². The van der Waals surface area contributed by atoms with Crippen LogP contribution in [0.15, 0.2) is 48.7 Å². The van der Waals surface area contributed by atoms with Crippen LogP contribution in [0.3, 0.4) is 0 Å². The number of rotatable bonds is 4. The molecule has 0 aliphatic carbocycles. The Morgan fingerprint density at radius 3 is 2.71 bits per heavy atom. The van der Waals surface area contributed by atoms with Gasteiger partial charge in [-0.25, -0.2) is 0 Å². The fourth-order valence-electron chi connectivity index (χ4n) is 2.84. The molecule has 0 saturated heterocycles. The molecule has 0 spiro atoms. The molecule has 1 unspecified atom stereocenters. The first-order chi connectivity index (χ1) is 11.6. The molecule has 124 valence electrons. The minimum atomic E-state index is 0.0391. The number of fused-ring (bicyclic) bond motifs is 1. The van der Waals surface area contributed by atoms with E-state index < -0.39 is 0 Å². The number of aromatic nitrogens is 1. The number of hydrogen-bond acceptors (Lipinski definition) is 1. The summed E-state index contributed by atoms with van der Waals surface area (Å²) in [5.41, 5.74) is 3.28. The Bertz CT molecular complexity index is 876. The van der Waals surface area contributed by atoms with Gasteiger partial charge in [0.15, 0.2) is 5.11 Å². The Morgan fingerprint density at radius 2 is 1.96 bits per heavy atom. The molecule has 24 heavy (non-hydrogen) atoms. The second-order valence-corrected chi connectivity index (χ2v) is 6.72. The minimum Gasteiger partial charge on any atom is -0.366 e. The Morgan fingerprint density at radius 1 is 1.17 bits per heavy atom. The third-order valence-corrected chi connectivity index (χ3v) is 4.94. The van der Waals surface area contributed by atoms with Gasteiger partial charge in [-0.2, -0.15) is 0 Å². The molecule has 1 atom stereocenters. The van der Waals surface area contributed by atoms with Gasteiger partial charge in [-0.3, -0.25) is 0 Å². The van der Waals surface area contributed by atoms with Crippen molar-refractivity contribution in [3.05, 3.63) is 69.8 Å². The fourth-order valence-corrected chi connectivity index (χ4v) is 3.46. The van der Waals surface area contributed by atoms with Gasteiger partial charge < -0.3 is 15.6 Å². The molecule has 0 bridgehead atoms. The average Bonchev–Trinajstić information content (AvgIpc) is 3.00. The number of H-pyrrole nitrogens is 1. The molecule has 2 aromatic carbocycles. The lowest BCUT2D eigenvalue weighted by atomic mass is 9.91. The normalized spacial score (nSPS) is 12.1. The van der Waals surface area contributed by atoms with E-state index in [0.29, 0.717) is 21.7 Å². The van der Waals surface area contributed by atoms with Gasteiger partial charge in [-0.15, -0.1) is 0 Å². The van der Waals surface area contributed by atoms with Crippen LogP contribution in [0.25, 0.3) is 10.9 Å². The van der Waals surface area contributed by atoms with Crippen molar-refractivity contribution < 1.29 is 0 Å². The number of hydrogen-bond donors (Lipinski definition) is 3. The zero-order chi connectivity index (χ0) is 17.1. The molecule has 3 aromatic rings. The molecule has 3 rings (SSSR count). The zero-order valence-corrected chi connectivity index (χ0v) is 15.4. The summed E-state index contributed by atoms with van der Waals surface area (Å²) in [6.45, 7) is 0.628. The highest BCUT2D eigenvalue weighted by Gasteiger charge is 2.21. The summed E-state index contributed by atoms with van der Waals surface area (Å²) in [7, 11) is 1.80. The maximum Gasteiger partial charge on any atom is 0.166 e. The number of aromatic amines is 1. The molecule has 0 aliphatic heterocycles. The smallest absolute Gasteiger partial charge is 0.166 e. The molecule has 0 aliphatic rings. The van der Waals surface area contributed by atoms with Gasteiger partial charge in [0.2, 0.25) is 0 Å². The first kappa shape index (κ1) is 17.1. The van der Waals surface area contributed by atoms with Gasteiger partial charge in [0.25, 0.3) is 0 Å². The Hall–Kier alpha value is -1.75. The first-order valence-electron chi connectivity index (χ1n) is 7.56. The highest BCUT2D eigenvalue weighted by Crippen LogP contribution is 2.35. The van der Waals surface area contributed by atoms with E-state index in [1.807, 2.05) is 30.5 Å².